The van der Waals surface area contributed by atoms with Gasteiger partial charge >= 0.3 is 0 Å². The second-order valence-electron chi connectivity index (χ2n) is 3.05. The van der Waals surface area contributed by atoms with Gasteiger partial charge in [-0.15, -0.1) is 0 Å². The molecule has 0 bridgehead atoms. The number of rotatable bonds is 4. The Morgan fingerprint density at radius 1 is 1.14 bits per heavy atom. The molecule has 1 aromatic carbocycles. The first-order valence-electron chi connectivity index (χ1n) is 4.63. The molecular formula is C11H15BrO2. The summed E-state index contributed by atoms with van der Waals surface area (Å²) < 4.78 is 11.5. The molecule has 1 aromatic rings. The Morgan fingerprint density at radius 3 is 2.21 bits per heavy atom. The second kappa shape index (κ2) is 5.25. The van der Waals surface area contributed by atoms with Crippen molar-refractivity contribution in [2.24, 2.45) is 0 Å². The number of ether oxygens (including phenoxy) is 2. The van der Waals surface area contributed by atoms with E-state index < -0.39 is 0 Å². The highest BCUT2D eigenvalue weighted by Crippen LogP contribution is 2.33. The summed E-state index contributed by atoms with van der Waals surface area (Å²) in [5.74, 6) is 1.55. The van der Waals surface area contributed by atoms with Gasteiger partial charge in [0.2, 0.25) is 0 Å². The maximum atomic E-state index is 5.23. The Labute approximate surface area is 93.4 Å². The van der Waals surface area contributed by atoms with E-state index in [0.717, 1.165) is 28.8 Å². The lowest BCUT2D eigenvalue weighted by molar-refractivity contribution is 0.354. The van der Waals surface area contributed by atoms with Crippen LogP contribution < -0.4 is 9.47 Å². The van der Waals surface area contributed by atoms with Gasteiger partial charge in [-0.3, -0.25) is 0 Å². The molecule has 3 heteroatoms. The summed E-state index contributed by atoms with van der Waals surface area (Å²) in [5.41, 5.74) is 1.25. The first-order chi connectivity index (χ1) is 6.72. The van der Waals surface area contributed by atoms with Gasteiger partial charge < -0.3 is 9.47 Å². The van der Waals surface area contributed by atoms with E-state index in [1.807, 2.05) is 12.1 Å². The average Bonchev–Trinajstić information content (AvgIpc) is 2.20. The predicted molar refractivity (Wildman–Crippen MR) is 61.2 cm³/mol. The molecule has 0 amide bonds. The van der Waals surface area contributed by atoms with Crippen LogP contribution in [0.2, 0.25) is 0 Å². The molecule has 0 saturated heterocycles. The van der Waals surface area contributed by atoms with Crippen LogP contribution in [0, 0.1) is 0 Å². The molecular weight excluding hydrogens is 244 g/mol. The first-order valence-corrected chi connectivity index (χ1v) is 5.42. The Hall–Kier alpha value is -0.700. The normalized spacial score (nSPS) is 10.0. The fraction of sp³-hybridized carbons (Fsp3) is 0.455. The van der Waals surface area contributed by atoms with E-state index in [1.54, 1.807) is 14.2 Å². The number of methoxy groups -OCH3 is 2. The molecule has 14 heavy (non-hydrogen) atoms. The van der Waals surface area contributed by atoms with Crippen LogP contribution in [0.3, 0.4) is 0 Å². The molecule has 0 aliphatic heterocycles. The summed E-state index contributed by atoms with van der Waals surface area (Å²) in [4.78, 5) is 0. The van der Waals surface area contributed by atoms with Crippen LogP contribution in [0.4, 0.5) is 0 Å². The van der Waals surface area contributed by atoms with Gasteiger partial charge in [-0.2, -0.15) is 0 Å². The lowest BCUT2D eigenvalue weighted by Crippen LogP contribution is -1.94. The number of halogens is 1. The topological polar surface area (TPSA) is 18.5 Å². The predicted octanol–water partition coefficient (Wildman–Crippen LogP) is 3.42. The van der Waals surface area contributed by atoms with Crippen molar-refractivity contribution in [3.63, 3.8) is 0 Å². The molecule has 0 aliphatic carbocycles. The molecule has 0 radical (unpaired) electrons. The third kappa shape index (κ3) is 2.41. The van der Waals surface area contributed by atoms with Gasteiger partial charge in [0.15, 0.2) is 11.5 Å². The van der Waals surface area contributed by atoms with Gasteiger partial charge in [-0.1, -0.05) is 29.3 Å². The SMILES string of the molecule is CCCc1cc(OC)c(OC)cc1Br. The maximum Gasteiger partial charge on any atom is 0.161 e. The minimum absolute atomic E-state index is 0.763. The molecule has 0 fully saturated rings. The van der Waals surface area contributed by atoms with E-state index in [0.29, 0.717) is 0 Å². The lowest BCUT2D eigenvalue weighted by atomic mass is 10.1. The molecule has 78 valence electrons. The number of hydrogen-bond donors (Lipinski definition) is 0. The van der Waals surface area contributed by atoms with Crippen molar-refractivity contribution in [2.45, 2.75) is 19.8 Å². The largest absolute Gasteiger partial charge is 0.493 e. The van der Waals surface area contributed by atoms with E-state index in [2.05, 4.69) is 22.9 Å². The summed E-state index contributed by atoms with van der Waals surface area (Å²) in [6.07, 6.45) is 2.16. The molecule has 0 atom stereocenters. The molecule has 0 heterocycles. The van der Waals surface area contributed by atoms with Gasteiger partial charge in [0.25, 0.3) is 0 Å². The maximum absolute atomic E-state index is 5.23. The number of benzene rings is 1. The minimum atomic E-state index is 0.763. The Balaban J connectivity index is 3.09. The van der Waals surface area contributed by atoms with Crippen molar-refractivity contribution >= 4 is 15.9 Å². The fourth-order valence-electron chi connectivity index (χ4n) is 1.36. The smallest absolute Gasteiger partial charge is 0.161 e. The quantitative estimate of drug-likeness (QED) is 0.824. The molecule has 0 spiro atoms. The molecule has 0 aliphatic rings. The highest BCUT2D eigenvalue weighted by Gasteiger charge is 2.08. The van der Waals surface area contributed by atoms with Crippen LogP contribution in [0.5, 0.6) is 11.5 Å². The van der Waals surface area contributed by atoms with Crippen LogP contribution >= 0.6 is 15.9 Å². The van der Waals surface area contributed by atoms with E-state index in [-0.39, 0.29) is 0 Å². The Bertz CT molecular complexity index is 310. The standard InChI is InChI=1S/C11H15BrO2/c1-4-5-8-6-10(13-2)11(14-3)7-9(8)12/h6-7H,4-5H2,1-3H3. The zero-order valence-electron chi connectivity index (χ0n) is 8.76. The third-order valence-electron chi connectivity index (χ3n) is 2.07. The zero-order valence-corrected chi connectivity index (χ0v) is 10.3. The van der Waals surface area contributed by atoms with Crippen LogP contribution in [-0.2, 0) is 6.42 Å². The fourth-order valence-corrected chi connectivity index (χ4v) is 1.88. The third-order valence-corrected chi connectivity index (χ3v) is 2.81. The van der Waals surface area contributed by atoms with Crippen LogP contribution in [0.15, 0.2) is 16.6 Å². The number of aryl methyl sites for hydroxylation is 1. The summed E-state index contributed by atoms with van der Waals surface area (Å²) >= 11 is 3.52. The Kier molecular flexibility index (Phi) is 4.26. The van der Waals surface area contributed by atoms with Crippen molar-refractivity contribution in [3.05, 3.63) is 22.2 Å². The average molecular weight is 259 g/mol. The summed E-state index contributed by atoms with van der Waals surface area (Å²) in [5, 5.41) is 0. The molecule has 1 rings (SSSR count). The van der Waals surface area contributed by atoms with Crippen LogP contribution in [0.25, 0.3) is 0 Å². The highest BCUT2D eigenvalue weighted by molar-refractivity contribution is 9.10. The van der Waals surface area contributed by atoms with E-state index in [4.69, 9.17) is 9.47 Å². The Morgan fingerprint density at radius 2 is 1.71 bits per heavy atom. The van der Waals surface area contributed by atoms with Crippen molar-refractivity contribution in [3.8, 4) is 11.5 Å². The summed E-state index contributed by atoms with van der Waals surface area (Å²) in [7, 11) is 3.30. The van der Waals surface area contributed by atoms with Gasteiger partial charge in [0.05, 0.1) is 14.2 Å². The van der Waals surface area contributed by atoms with Gasteiger partial charge in [-0.05, 0) is 24.1 Å². The van der Waals surface area contributed by atoms with Crippen molar-refractivity contribution in [1.29, 1.82) is 0 Å². The van der Waals surface area contributed by atoms with Crippen molar-refractivity contribution in [2.75, 3.05) is 14.2 Å². The molecule has 0 saturated carbocycles. The van der Waals surface area contributed by atoms with E-state index in [1.165, 1.54) is 5.56 Å². The molecule has 0 aromatic heterocycles. The van der Waals surface area contributed by atoms with Gasteiger partial charge in [-0.25, -0.2) is 0 Å². The number of hydrogen-bond acceptors (Lipinski definition) is 2. The second-order valence-corrected chi connectivity index (χ2v) is 3.90. The molecule has 0 unspecified atom stereocenters. The minimum Gasteiger partial charge on any atom is -0.493 e. The van der Waals surface area contributed by atoms with Crippen molar-refractivity contribution < 1.29 is 9.47 Å². The first kappa shape index (κ1) is 11.4. The highest BCUT2D eigenvalue weighted by atomic mass is 79.9. The zero-order chi connectivity index (χ0) is 10.6. The van der Waals surface area contributed by atoms with E-state index >= 15 is 0 Å². The monoisotopic (exact) mass is 258 g/mol. The van der Waals surface area contributed by atoms with E-state index in [9.17, 15) is 0 Å². The van der Waals surface area contributed by atoms with Gasteiger partial charge in [0, 0.05) is 4.47 Å². The summed E-state index contributed by atoms with van der Waals surface area (Å²) in [6, 6.07) is 3.97. The van der Waals surface area contributed by atoms with Crippen LogP contribution in [-0.4, -0.2) is 14.2 Å². The molecule has 2 nitrogen and oxygen atoms in total. The van der Waals surface area contributed by atoms with Gasteiger partial charge in [0.1, 0.15) is 0 Å². The molecule has 0 N–H and O–H groups in total. The lowest BCUT2D eigenvalue weighted by Gasteiger charge is -2.11. The van der Waals surface area contributed by atoms with Crippen molar-refractivity contribution in [1.82, 2.24) is 0 Å². The van der Waals surface area contributed by atoms with Crippen LogP contribution in [0.1, 0.15) is 18.9 Å². The summed E-state index contributed by atoms with van der Waals surface area (Å²) in [6.45, 7) is 2.16.